The maximum absolute atomic E-state index is 10.8. The van der Waals surface area contributed by atoms with Crippen molar-refractivity contribution in [3.8, 4) is 5.75 Å². The number of benzene rings is 2. The maximum Gasteiger partial charge on any atom is 0.303 e. The van der Waals surface area contributed by atoms with Crippen LogP contribution in [0.5, 0.6) is 5.75 Å². The summed E-state index contributed by atoms with van der Waals surface area (Å²) in [4.78, 5) is 15.5. The lowest BCUT2D eigenvalue weighted by Gasteiger charge is -2.28. The molecule has 5 heteroatoms. The second kappa shape index (κ2) is 10.5. The Labute approximate surface area is 215 Å². The smallest absolute Gasteiger partial charge is 0.303 e. The van der Waals surface area contributed by atoms with E-state index in [1.807, 2.05) is 12.1 Å². The topological polar surface area (TPSA) is 96.4 Å². The highest BCUT2D eigenvalue weighted by Gasteiger charge is 2.26. The maximum atomic E-state index is 10.8. The van der Waals surface area contributed by atoms with Crippen LogP contribution in [0.15, 0.2) is 30.3 Å². The molecule has 4 N–H and O–H groups in total. The number of aryl methyl sites for hydroxylation is 3. The number of aliphatic carboxylic acids is 1. The molecule has 1 heterocycles. The first-order valence-electron chi connectivity index (χ1n) is 12.9. The van der Waals surface area contributed by atoms with Crippen molar-refractivity contribution in [3.63, 3.8) is 0 Å². The SMILES string of the molecule is CC(C)(C)c1cc(CCC(=O)O)cc(C(C)(C)C)c1O.Cc1ccc2nc3c(c(N)c2c1)CCCC3. The van der Waals surface area contributed by atoms with Gasteiger partial charge in [0.05, 0.1) is 5.52 Å². The fourth-order valence-corrected chi connectivity index (χ4v) is 4.81. The van der Waals surface area contributed by atoms with Gasteiger partial charge in [-0.05, 0) is 84.2 Å². The number of nitrogen functional groups attached to an aromatic ring is 1. The standard InChI is InChI=1S/C17H26O3.C14H16N2/c1-16(2,3)12-9-11(7-8-14(18)19)10-13(15(12)20)17(4,5)6;1-9-6-7-13-11(8-9)14(15)10-4-2-3-5-12(10)16-13/h9-10,20H,7-8H2,1-6H3,(H,18,19);6-8H,2-5H2,1H3,(H2,15,16). The van der Waals surface area contributed by atoms with Crippen molar-refractivity contribution in [1.82, 2.24) is 4.98 Å². The summed E-state index contributed by atoms with van der Waals surface area (Å²) >= 11 is 0. The summed E-state index contributed by atoms with van der Waals surface area (Å²) in [5.41, 5.74) is 14.4. The highest BCUT2D eigenvalue weighted by atomic mass is 16.4. The Balaban J connectivity index is 0.000000204. The number of anilines is 1. The molecule has 0 saturated heterocycles. The summed E-state index contributed by atoms with van der Waals surface area (Å²) in [6.07, 6.45) is 5.27. The number of fused-ring (bicyclic) bond motifs is 2. The summed E-state index contributed by atoms with van der Waals surface area (Å²) in [5.74, 6) is -0.461. The van der Waals surface area contributed by atoms with Gasteiger partial charge >= 0.3 is 5.97 Å². The molecule has 0 atom stereocenters. The van der Waals surface area contributed by atoms with E-state index in [0.29, 0.717) is 12.2 Å². The van der Waals surface area contributed by atoms with Crippen LogP contribution in [-0.4, -0.2) is 21.2 Å². The molecule has 0 spiro atoms. The van der Waals surface area contributed by atoms with E-state index in [-0.39, 0.29) is 17.3 Å². The zero-order chi connectivity index (χ0) is 26.8. The predicted octanol–water partition coefficient (Wildman–Crippen LogP) is 7.01. The molecule has 194 valence electrons. The number of hydrogen-bond acceptors (Lipinski definition) is 4. The zero-order valence-electron chi connectivity index (χ0n) is 23.0. The Morgan fingerprint density at radius 3 is 2.11 bits per heavy atom. The highest BCUT2D eigenvalue weighted by Crippen LogP contribution is 2.40. The third kappa shape index (κ3) is 6.37. The lowest BCUT2D eigenvalue weighted by Crippen LogP contribution is -2.18. The predicted molar refractivity (Wildman–Crippen MR) is 149 cm³/mol. The molecular formula is C31H42N2O3. The van der Waals surface area contributed by atoms with Crippen molar-refractivity contribution in [1.29, 1.82) is 0 Å². The van der Waals surface area contributed by atoms with Gasteiger partial charge in [0.2, 0.25) is 0 Å². The van der Waals surface area contributed by atoms with Crippen LogP contribution in [0.25, 0.3) is 10.9 Å². The number of carboxylic acid groups (broad SMARTS) is 1. The molecule has 36 heavy (non-hydrogen) atoms. The number of pyridine rings is 1. The van der Waals surface area contributed by atoms with E-state index in [1.54, 1.807) is 0 Å². The molecule has 0 fully saturated rings. The van der Waals surface area contributed by atoms with E-state index in [4.69, 9.17) is 15.8 Å². The van der Waals surface area contributed by atoms with Gasteiger partial charge in [0.15, 0.2) is 0 Å². The first-order valence-corrected chi connectivity index (χ1v) is 12.9. The summed E-state index contributed by atoms with van der Waals surface area (Å²) < 4.78 is 0. The summed E-state index contributed by atoms with van der Waals surface area (Å²) in [5, 5.41) is 20.5. The number of nitrogens with two attached hydrogens (primary N) is 1. The van der Waals surface area contributed by atoms with Gasteiger partial charge in [-0.1, -0.05) is 65.3 Å². The number of nitrogens with zero attached hydrogens (tertiary/aromatic N) is 1. The van der Waals surface area contributed by atoms with Gasteiger partial charge < -0.3 is 15.9 Å². The monoisotopic (exact) mass is 490 g/mol. The number of carboxylic acids is 1. The molecular weight excluding hydrogens is 448 g/mol. The largest absolute Gasteiger partial charge is 0.507 e. The van der Waals surface area contributed by atoms with Crippen molar-refractivity contribution < 1.29 is 15.0 Å². The van der Waals surface area contributed by atoms with E-state index >= 15 is 0 Å². The number of phenolic OH excluding ortho intramolecular Hbond substituents is 1. The molecule has 0 amide bonds. The van der Waals surface area contributed by atoms with Crippen molar-refractivity contribution in [3.05, 3.63) is 63.8 Å². The van der Waals surface area contributed by atoms with E-state index in [2.05, 4.69) is 66.7 Å². The van der Waals surface area contributed by atoms with Gasteiger partial charge in [0.1, 0.15) is 5.75 Å². The Kier molecular flexibility index (Phi) is 8.02. The molecule has 0 aliphatic heterocycles. The summed E-state index contributed by atoms with van der Waals surface area (Å²) in [6.45, 7) is 14.4. The third-order valence-electron chi connectivity index (χ3n) is 6.87. The first-order chi connectivity index (χ1) is 16.7. The molecule has 0 unspecified atom stereocenters. The summed E-state index contributed by atoms with van der Waals surface area (Å²) in [7, 11) is 0. The Morgan fingerprint density at radius 2 is 1.56 bits per heavy atom. The van der Waals surface area contributed by atoms with Gasteiger partial charge in [0, 0.05) is 23.2 Å². The van der Waals surface area contributed by atoms with Crippen LogP contribution >= 0.6 is 0 Å². The molecule has 1 aliphatic carbocycles. The van der Waals surface area contributed by atoms with Crippen LogP contribution in [0.3, 0.4) is 0 Å². The van der Waals surface area contributed by atoms with Crippen LogP contribution in [0.1, 0.15) is 94.3 Å². The fraction of sp³-hybridized carbons (Fsp3) is 0.484. The molecule has 4 rings (SSSR count). The van der Waals surface area contributed by atoms with E-state index in [1.165, 1.54) is 29.7 Å². The highest BCUT2D eigenvalue weighted by molar-refractivity contribution is 5.92. The first kappa shape index (κ1) is 27.5. The average Bonchev–Trinajstić information content (AvgIpc) is 2.78. The van der Waals surface area contributed by atoms with Gasteiger partial charge in [-0.25, -0.2) is 0 Å². The minimum absolute atomic E-state index is 0.109. The Morgan fingerprint density at radius 1 is 0.972 bits per heavy atom. The molecule has 2 aromatic carbocycles. The number of rotatable bonds is 3. The van der Waals surface area contributed by atoms with Crippen LogP contribution in [0.4, 0.5) is 5.69 Å². The number of carbonyl (C=O) groups is 1. The van der Waals surface area contributed by atoms with E-state index < -0.39 is 5.97 Å². The number of aromatic nitrogens is 1. The molecule has 3 aromatic rings. The second-order valence-corrected chi connectivity index (χ2v) is 12.1. The molecule has 0 radical (unpaired) electrons. The Hall–Kier alpha value is -3.08. The molecule has 1 aromatic heterocycles. The minimum Gasteiger partial charge on any atom is -0.507 e. The van der Waals surface area contributed by atoms with Crippen LogP contribution in [-0.2, 0) is 34.9 Å². The molecule has 5 nitrogen and oxygen atoms in total. The van der Waals surface area contributed by atoms with Crippen LogP contribution in [0.2, 0.25) is 0 Å². The normalized spacial score (nSPS) is 13.6. The summed E-state index contributed by atoms with van der Waals surface area (Å²) in [6, 6.07) is 10.2. The van der Waals surface area contributed by atoms with Crippen LogP contribution in [0, 0.1) is 6.92 Å². The van der Waals surface area contributed by atoms with E-state index in [9.17, 15) is 9.90 Å². The molecule has 1 aliphatic rings. The lowest BCUT2D eigenvalue weighted by atomic mass is 9.78. The van der Waals surface area contributed by atoms with Crippen LogP contribution < -0.4 is 5.73 Å². The van der Waals surface area contributed by atoms with Crippen molar-refractivity contribution in [2.45, 2.75) is 97.8 Å². The van der Waals surface area contributed by atoms with Gasteiger partial charge in [-0.2, -0.15) is 0 Å². The number of aromatic hydroxyl groups is 1. The number of hydrogen-bond donors (Lipinski definition) is 3. The zero-order valence-corrected chi connectivity index (χ0v) is 23.0. The average molecular weight is 491 g/mol. The third-order valence-corrected chi connectivity index (χ3v) is 6.87. The van der Waals surface area contributed by atoms with Gasteiger partial charge in [0.25, 0.3) is 0 Å². The quantitative estimate of drug-likeness (QED) is 0.367. The second-order valence-electron chi connectivity index (χ2n) is 12.1. The minimum atomic E-state index is -0.798. The molecule has 0 saturated carbocycles. The fourth-order valence-electron chi connectivity index (χ4n) is 4.81. The Bertz CT molecular complexity index is 1230. The van der Waals surface area contributed by atoms with Crippen molar-refractivity contribution in [2.75, 3.05) is 5.73 Å². The lowest BCUT2D eigenvalue weighted by molar-refractivity contribution is -0.136. The molecule has 0 bridgehead atoms. The van der Waals surface area contributed by atoms with E-state index in [0.717, 1.165) is 46.1 Å². The number of phenols is 1. The van der Waals surface area contributed by atoms with Gasteiger partial charge in [-0.3, -0.25) is 9.78 Å². The van der Waals surface area contributed by atoms with Crippen molar-refractivity contribution >= 4 is 22.6 Å². The van der Waals surface area contributed by atoms with Gasteiger partial charge in [-0.15, -0.1) is 0 Å². The van der Waals surface area contributed by atoms with Crippen molar-refractivity contribution in [2.24, 2.45) is 0 Å².